The molecule has 0 bridgehead atoms. The summed E-state index contributed by atoms with van der Waals surface area (Å²) in [6, 6.07) is 4.09. The number of halogens is 2. The van der Waals surface area contributed by atoms with Gasteiger partial charge in [0.2, 0.25) is 10.0 Å². The van der Waals surface area contributed by atoms with Crippen molar-refractivity contribution in [1.29, 1.82) is 0 Å². The third-order valence-corrected chi connectivity index (χ3v) is 6.35. The van der Waals surface area contributed by atoms with E-state index in [1.54, 1.807) is 24.0 Å². The summed E-state index contributed by atoms with van der Waals surface area (Å²) in [6.45, 7) is 0.419. The number of sulfonamides is 1. The lowest BCUT2D eigenvalue weighted by Gasteiger charge is -2.23. The standard InChI is InChI=1S/C13H14Cl2N4O2S/c1-18-8-16-17-13(18)11-3-2-6-19(11)22(20,21)12-7-9(14)4-5-10(12)15/h4-5,7-8,11H,2-3,6H2,1H3/t11-/m0/s1. The Hall–Kier alpha value is -1.15. The molecule has 1 aliphatic rings. The Kier molecular flexibility index (Phi) is 4.15. The fourth-order valence-corrected chi connectivity index (χ4v) is 5.07. The largest absolute Gasteiger partial charge is 0.319 e. The van der Waals surface area contributed by atoms with Crippen LogP contribution in [0, 0.1) is 0 Å². The van der Waals surface area contributed by atoms with Crippen LogP contribution in [0.15, 0.2) is 29.4 Å². The van der Waals surface area contributed by atoms with E-state index < -0.39 is 10.0 Å². The van der Waals surface area contributed by atoms with Crippen LogP contribution in [0.5, 0.6) is 0 Å². The zero-order chi connectivity index (χ0) is 15.9. The van der Waals surface area contributed by atoms with Crippen LogP contribution >= 0.6 is 23.2 Å². The van der Waals surface area contributed by atoms with Crippen molar-refractivity contribution in [2.75, 3.05) is 6.54 Å². The Bertz CT molecular complexity index is 806. The highest BCUT2D eigenvalue weighted by molar-refractivity contribution is 7.89. The lowest BCUT2D eigenvalue weighted by molar-refractivity contribution is 0.376. The van der Waals surface area contributed by atoms with Crippen LogP contribution in [0.3, 0.4) is 0 Å². The maximum atomic E-state index is 12.9. The number of hydrogen-bond donors (Lipinski definition) is 0. The molecule has 22 heavy (non-hydrogen) atoms. The molecule has 1 saturated heterocycles. The molecule has 2 aromatic rings. The molecule has 3 rings (SSSR count). The van der Waals surface area contributed by atoms with Gasteiger partial charge in [0.1, 0.15) is 11.2 Å². The van der Waals surface area contributed by atoms with Crippen molar-refractivity contribution < 1.29 is 8.42 Å². The van der Waals surface area contributed by atoms with Crippen molar-refractivity contribution in [3.05, 3.63) is 40.4 Å². The summed E-state index contributed by atoms with van der Waals surface area (Å²) in [5, 5.41) is 8.37. The van der Waals surface area contributed by atoms with Gasteiger partial charge in [0.15, 0.2) is 5.82 Å². The topological polar surface area (TPSA) is 68.1 Å². The van der Waals surface area contributed by atoms with E-state index in [-0.39, 0.29) is 16.0 Å². The normalized spacial score (nSPS) is 19.7. The van der Waals surface area contributed by atoms with Crippen molar-refractivity contribution in [1.82, 2.24) is 19.1 Å². The number of hydrogen-bond acceptors (Lipinski definition) is 4. The Morgan fingerprint density at radius 3 is 2.77 bits per heavy atom. The summed E-state index contributed by atoms with van der Waals surface area (Å²) in [6.07, 6.45) is 3.02. The molecule has 1 aliphatic heterocycles. The molecule has 0 radical (unpaired) electrons. The van der Waals surface area contributed by atoms with Crippen LogP contribution in [0.1, 0.15) is 24.7 Å². The number of nitrogens with zero attached hydrogens (tertiary/aromatic N) is 4. The van der Waals surface area contributed by atoms with Gasteiger partial charge in [0, 0.05) is 18.6 Å². The van der Waals surface area contributed by atoms with Gasteiger partial charge in [-0.15, -0.1) is 10.2 Å². The first kappa shape index (κ1) is 15.7. The lowest BCUT2D eigenvalue weighted by atomic mass is 10.2. The highest BCUT2D eigenvalue weighted by Gasteiger charge is 2.39. The molecule has 1 aromatic carbocycles. The molecule has 0 spiro atoms. The van der Waals surface area contributed by atoms with Crippen LogP contribution in [0.4, 0.5) is 0 Å². The van der Waals surface area contributed by atoms with Gasteiger partial charge >= 0.3 is 0 Å². The first-order valence-electron chi connectivity index (χ1n) is 6.72. The minimum Gasteiger partial charge on any atom is -0.319 e. The Labute approximate surface area is 138 Å². The molecule has 1 aromatic heterocycles. The smallest absolute Gasteiger partial charge is 0.245 e. The van der Waals surface area contributed by atoms with Gasteiger partial charge in [0.25, 0.3) is 0 Å². The predicted molar refractivity (Wildman–Crippen MR) is 83.3 cm³/mol. The zero-order valence-corrected chi connectivity index (χ0v) is 14.1. The van der Waals surface area contributed by atoms with E-state index in [1.165, 1.54) is 16.4 Å². The van der Waals surface area contributed by atoms with E-state index in [0.29, 0.717) is 23.8 Å². The van der Waals surface area contributed by atoms with Gasteiger partial charge in [-0.3, -0.25) is 0 Å². The highest BCUT2D eigenvalue weighted by atomic mass is 35.5. The van der Waals surface area contributed by atoms with Gasteiger partial charge in [-0.25, -0.2) is 8.42 Å². The Morgan fingerprint density at radius 1 is 1.32 bits per heavy atom. The van der Waals surface area contributed by atoms with Crippen LogP contribution in [-0.2, 0) is 17.1 Å². The average Bonchev–Trinajstić information content (AvgIpc) is 3.09. The fraction of sp³-hybridized carbons (Fsp3) is 0.385. The summed E-state index contributed by atoms with van der Waals surface area (Å²) >= 11 is 12.0. The fourth-order valence-electron chi connectivity index (χ4n) is 2.68. The minimum atomic E-state index is -3.75. The summed E-state index contributed by atoms with van der Waals surface area (Å²) in [5.74, 6) is 0.624. The van der Waals surface area contributed by atoms with E-state index in [9.17, 15) is 8.42 Å². The quantitative estimate of drug-likeness (QED) is 0.843. The average molecular weight is 361 g/mol. The molecule has 0 unspecified atom stereocenters. The van der Waals surface area contributed by atoms with Crippen LogP contribution < -0.4 is 0 Å². The van der Waals surface area contributed by atoms with E-state index >= 15 is 0 Å². The van der Waals surface area contributed by atoms with Crippen LogP contribution in [-0.4, -0.2) is 34.0 Å². The highest BCUT2D eigenvalue weighted by Crippen LogP contribution is 2.37. The zero-order valence-electron chi connectivity index (χ0n) is 11.8. The molecule has 0 amide bonds. The van der Waals surface area contributed by atoms with Gasteiger partial charge < -0.3 is 4.57 Å². The van der Waals surface area contributed by atoms with Gasteiger partial charge in [0.05, 0.1) is 11.1 Å². The van der Waals surface area contributed by atoms with E-state index in [1.807, 2.05) is 0 Å². The summed E-state index contributed by atoms with van der Waals surface area (Å²) in [4.78, 5) is 0.0238. The predicted octanol–water partition coefficient (Wildman–Crippen LogP) is 2.65. The lowest BCUT2D eigenvalue weighted by Crippen LogP contribution is -2.32. The number of benzene rings is 1. The summed E-state index contributed by atoms with van der Waals surface area (Å²) < 4.78 is 29.1. The van der Waals surface area contributed by atoms with E-state index in [0.717, 1.165) is 6.42 Å². The molecule has 6 nitrogen and oxygen atoms in total. The van der Waals surface area contributed by atoms with Crippen molar-refractivity contribution >= 4 is 33.2 Å². The number of aromatic nitrogens is 3. The Morgan fingerprint density at radius 2 is 2.09 bits per heavy atom. The second-order valence-corrected chi connectivity index (χ2v) is 7.85. The van der Waals surface area contributed by atoms with Gasteiger partial charge in [-0.05, 0) is 31.0 Å². The second kappa shape index (κ2) is 5.81. The molecule has 2 heterocycles. The van der Waals surface area contributed by atoms with Crippen molar-refractivity contribution in [3.8, 4) is 0 Å². The molecule has 1 fully saturated rings. The molecule has 118 valence electrons. The molecule has 1 atom stereocenters. The molecule has 0 N–H and O–H groups in total. The van der Waals surface area contributed by atoms with Crippen molar-refractivity contribution in [2.45, 2.75) is 23.8 Å². The van der Waals surface area contributed by atoms with E-state index in [4.69, 9.17) is 23.2 Å². The van der Waals surface area contributed by atoms with Crippen LogP contribution in [0.25, 0.3) is 0 Å². The van der Waals surface area contributed by atoms with Gasteiger partial charge in [-0.2, -0.15) is 4.31 Å². The van der Waals surface area contributed by atoms with Crippen molar-refractivity contribution in [2.24, 2.45) is 7.05 Å². The SMILES string of the molecule is Cn1cnnc1[C@@H]1CCCN1S(=O)(=O)c1cc(Cl)ccc1Cl. The van der Waals surface area contributed by atoms with Crippen molar-refractivity contribution in [3.63, 3.8) is 0 Å². The van der Waals surface area contributed by atoms with Gasteiger partial charge in [-0.1, -0.05) is 23.2 Å². The molecular formula is C13H14Cl2N4O2S. The first-order chi connectivity index (χ1) is 10.4. The summed E-state index contributed by atoms with van der Waals surface area (Å²) in [5.41, 5.74) is 0. The number of rotatable bonds is 3. The van der Waals surface area contributed by atoms with Crippen LogP contribution in [0.2, 0.25) is 10.0 Å². The number of aryl methyl sites for hydroxylation is 1. The van der Waals surface area contributed by atoms with E-state index in [2.05, 4.69) is 10.2 Å². The first-order valence-corrected chi connectivity index (χ1v) is 8.91. The third kappa shape index (κ3) is 2.62. The molecule has 0 saturated carbocycles. The maximum Gasteiger partial charge on any atom is 0.245 e. The maximum absolute atomic E-state index is 12.9. The third-order valence-electron chi connectivity index (χ3n) is 3.73. The Balaban J connectivity index is 2.05. The molecular weight excluding hydrogens is 347 g/mol. The monoisotopic (exact) mass is 360 g/mol. The molecule has 0 aliphatic carbocycles. The second-order valence-electron chi connectivity index (χ2n) is 5.15. The molecule has 9 heteroatoms. The summed E-state index contributed by atoms with van der Waals surface area (Å²) in [7, 11) is -1.95. The minimum absolute atomic E-state index is 0.0238.